The highest BCUT2D eigenvalue weighted by atomic mass is 32.1. The standard InChI is InChI=1S/C17H16N2O2S2/c1-11-16(13-3-5-14(21-2)6-4-13)19-17(23-11)18-15(20)9-12-7-8-22-10-12/h3-8,10H,9H2,1-2H3,(H,18,19,20). The minimum atomic E-state index is -0.0431. The van der Waals surface area contributed by atoms with Crippen molar-refractivity contribution in [1.29, 1.82) is 0 Å². The number of aryl methyl sites for hydroxylation is 1. The largest absolute Gasteiger partial charge is 0.497 e. The molecule has 0 unspecified atom stereocenters. The summed E-state index contributed by atoms with van der Waals surface area (Å²) in [7, 11) is 1.64. The first-order valence-corrected chi connectivity index (χ1v) is 8.84. The molecule has 1 aromatic carbocycles. The fraction of sp³-hybridized carbons (Fsp3) is 0.176. The van der Waals surface area contributed by atoms with Gasteiger partial charge in [-0.2, -0.15) is 11.3 Å². The monoisotopic (exact) mass is 344 g/mol. The minimum absolute atomic E-state index is 0.0431. The third-order valence-corrected chi connectivity index (χ3v) is 4.97. The smallest absolute Gasteiger partial charge is 0.230 e. The number of hydrogen-bond acceptors (Lipinski definition) is 5. The zero-order valence-corrected chi connectivity index (χ0v) is 14.5. The summed E-state index contributed by atoms with van der Waals surface area (Å²) in [5.41, 5.74) is 2.93. The first-order chi connectivity index (χ1) is 11.2. The molecule has 6 heteroatoms. The van der Waals surface area contributed by atoms with E-state index < -0.39 is 0 Å². The molecule has 0 saturated carbocycles. The van der Waals surface area contributed by atoms with Gasteiger partial charge in [0.05, 0.1) is 19.2 Å². The quantitative estimate of drug-likeness (QED) is 0.748. The molecule has 23 heavy (non-hydrogen) atoms. The van der Waals surface area contributed by atoms with Gasteiger partial charge in [-0.25, -0.2) is 4.98 Å². The van der Waals surface area contributed by atoms with Gasteiger partial charge in [-0.15, -0.1) is 11.3 Å². The van der Waals surface area contributed by atoms with Crippen LogP contribution in [0, 0.1) is 6.92 Å². The molecule has 2 heterocycles. The van der Waals surface area contributed by atoms with Crippen molar-refractivity contribution in [2.24, 2.45) is 0 Å². The van der Waals surface area contributed by atoms with Crippen LogP contribution >= 0.6 is 22.7 Å². The Labute approximate surface area is 142 Å². The van der Waals surface area contributed by atoms with E-state index in [1.807, 2.05) is 48.0 Å². The van der Waals surface area contributed by atoms with Gasteiger partial charge in [0.25, 0.3) is 0 Å². The predicted octanol–water partition coefficient (Wildman–Crippen LogP) is 4.37. The van der Waals surface area contributed by atoms with Gasteiger partial charge in [-0.05, 0) is 53.6 Å². The second-order valence-electron chi connectivity index (χ2n) is 5.01. The van der Waals surface area contributed by atoms with Gasteiger partial charge in [0.2, 0.25) is 5.91 Å². The van der Waals surface area contributed by atoms with Crippen molar-refractivity contribution in [3.8, 4) is 17.0 Å². The number of thiazole rings is 1. The maximum atomic E-state index is 12.1. The maximum absolute atomic E-state index is 12.1. The molecule has 0 radical (unpaired) electrons. The summed E-state index contributed by atoms with van der Waals surface area (Å²) in [5, 5.41) is 7.47. The Morgan fingerprint density at radius 2 is 2.04 bits per heavy atom. The SMILES string of the molecule is COc1ccc(-c2nc(NC(=O)Cc3ccsc3)sc2C)cc1. The number of amides is 1. The minimum Gasteiger partial charge on any atom is -0.497 e. The Morgan fingerprint density at radius 3 is 2.70 bits per heavy atom. The van der Waals surface area contributed by atoms with Gasteiger partial charge in [0, 0.05) is 10.4 Å². The second kappa shape index (κ2) is 6.93. The predicted molar refractivity (Wildman–Crippen MR) is 95.5 cm³/mol. The molecule has 0 bridgehead atoms. The van der Waals surface area contributed by atoms with Crippen LogP contribution in [0.3, 0.4) is 0 Å². The summed E-state index contributed by atoms with van der Waals surface area (Å²) in [6, 6.07) is 9.71. The average molecular weight is 344 g/mol. The number of nitrogens with zero attached hydrogens (tertiary/aromatic N) is 1. The highest BCUT2D eigenvalue weighted by Crippen LogP contribution is 2.31. The summed E-state index contributed by atoms with van der Waals surface area (Å²) >= 11 is 3.08. The van der Waals surface area contributed by atoms with Gasteiger partial charge in [0.15, 0.2) is 5.13 Å². The number of rotatable bonds is 5. The molecule has 1 amide bonds. The van der Waals surface area contributed by atoms with Gasteiger partial charge in [-0.1, -0.05) is 0 Å². The lowest BCUT2D eigenvalue weighted by atomic mass is 10.1. The Morgan fingerprint density at radius 1 is 1.26 bits per heavy atom. The molecular formula is C17H16N2O2S2. The molecule has 0 aliphatic carbocycles. The average Bonchev–Trinajstić information content (AvgIpc) is 3.17. The van der Waals surface area contributed by atoms with Crippen LogP contribution in [0.1, 0.15) is 10.4 Å². The highest BCUT2D eigenvalue weighted by molar-refractivity contribution is 7.16. The number of aromatic nitrogens is 1. The van der Waals surface area contributed by atoms with Gasteiger partial charge >= 0.3 is 0 Å². The normalized spacial score (nSPS) is 10.5. The van der Waals surface area contributed by atoms with E-state index in [-0.39, 0.29) is 5.91 Å². The fourth-order valence-corrected chi connectivity index (χ4v) is 3.73. The molecule has 3 rings (SSSR count). The molecule has 0 fully saturated rings. The summed E-state index contributed by atoms with van der Waals surface area (Å²) in [4.78, 5) is 17.7. The lowest BCUT2D eigenvalue weighted by molar-refractivity contribution is -0.115. The first-order valence-electron chi connectivity index (χ1n) is 7.08. The van der Waals surface area contributed by atoms with E-state index in [2.05, 4.69) is 10.3 Å². The molecule has 4 nitrogen and oxygen atoms in total. The third-order valence-electron chi connectivity index (χ3n) is 3.35. The topological polar surface area (TPSA) is 51.2 Å². The van der Waals surface area contributed by atoms with E-state index in [1.165, 1.54) is 11.3 Å². The van der Waals surface area contributed by atoms with Gasteiger partial charge in [0.1, 0.15) is 5.75 Å². The van der Waals surface area contributed by atoms with Crippen molar-refractivity contribution in [1.82, 2.24) is 4.98 Å². The molecule has 0 spiro atoms. The summed E-state index contributed by atoms with van der Waals surface area (Å²) in [6.45, 7) is 2.01. The molecule has 0 atom stereocenters. The Hall–Kier alpha value is -2.18. The van der Waals surface area contributed by atoms with Crippen molar-refractivity contribution in [2.45, 2.75) is 13.3 Å². The van der Waals surface area contributed by atoms with Crippen LogP contribution in [0.5, 0.6) is 5.75 Å². The van der Waals surface area contributed by atoms with Crippen LogP contribution in [0.15, 0.2) is 41.1 Å². The molecule has 1 N–H and O–H groups in total. The van der Waals surface area contributed by atoms with Crippen molar-refractivity contribution in [3.63, 3.8) is 0 Å². The highest BCUT2D eigenvalue weighted by Gasteiger charge is 2.12. The number of anilines is 1. The maximum Gasteiger partial charge on any atom is 0.230 e. The molecule has 0 aliphatic rings. The van der Waals surface area contributed by atoms with E-state index >= 15 is 0 Å². The van der Waals surface area contributed by atoms with Gasteiger partial charge < -0.3 is 10.1 Å². The number of ether oxygens (including phenoxy) is 1. The Bertz CT molecular complexity index is 793. The van der Waals surface area contributed by atoms with E-state index in [0.29, 0.717) is 11.6 Å². The number of methoxy groups -OCH3 is 1. The zero-order valence-electron chi connectivity index (χ0n) is 12.8. The fourth-order valence-electron chi connectivity index (χ4n) is 2.21. The number of hydrogen-bond donors (Lipinski definition) is 1. The van der Waals surface area contributed by atoms with Crippen LogP contribution in [0.4, 0.5) is 5.13 Å². The van der Waals surface area contributed by atoms with Gasteiger partial charge in [-0.3, -0.25) is 4.79 Å². The van der Waals surface area contributed by atoms with Crippen molar-refractivity contribution < 1.29 is 9.53 Å². The van der Waals surface area contributed by atoms with Crippen LogP contribution in [-0.2, 0) is 11.2 Å². The molecule has 118 valence electrons. The van der Waals surface area contributed by atoms with Crippen LogP contribution < -0.4 is 10.1 Å². The Balaban J connectivity index is 1.73. The van der Waals surface area contributed by atoms with Crippen molar-refractivity contribution >= 4 is 33.7 Å². The number of carbonyl (C=O) groups excluding carboxylic acids is 1. The summed E-state index contributed by atoms with van der Waals surface area (Å²) < 4.78 is 5.17. The van der Waals surface area contributed by atoms with Crippen molar-refractivity contribution in [2.75, 3.05) is 12.4 Å². The van der Waals surface area contributed by atoms with Crippen LogP contribution in [-0.4, -0.2) is 18.0 Å². The number of benzene rings is 1. The van der Waals surface area contributed by atoms with E-state index in [4.69, 9.17) is 4.74 Å². The second-order valence-corrected chi connectivity index (χ2v) is 6.99. The number of thiophene rings is 1. The summed E-state index contributed by atoms with van der Waals surface area (Å²) in [5.74, 6) is 0.768. The van der Waals surface area contributed by atoms with Crippen molar-refractivity contribution in [3.05, 3.63) is 51.5 Å². The zero-order chi connectivity index (χ0) is 16.2. The molecule has 0 aliphatic heterocycles. The molecule has 3 aromatic rings. The van der Waals surface area contributed by atoms with E-state index in [1.54, 1.807) is 18.4 Å². The summed E-state index contributed by atoms with van der Waals surface area (Å²) in [6.07, 6.45) is 0.375. The molecular weight excluding hydrogens is 328 g/mol. The Kier molecular flexibility index (Phi) is 4.73. The van der Waals surface area contributed by atoms with E-state index in [9.17, 15) is 4.79 Å². The van der Waals surface area contributed by atoms with Crippen LogP contribution in [0.2, 0.25) is 0 Å². The molecule has 0 saturated heterocycles. The van der Waals surface area contributed by atoms with Crippen LogP contribution in [0.25, 0.3) is 11.3 Å². The first kappa shape index (κ1) is 15.7. The molecule has 2 aromatic heterocycles. The lowest BCUT2D eigenvalue weighted by Crippen LogP contribution is -2.13. The lowest BCUT2D eigenvalue weighted by Gasteiger charge is -2.02. The number of carbonyl (C=O) groups is 1. The number of nitrogens with one attached hydrogen (secondary N) is 1. The van der Waals surface area contributed by atoms with E-state index in [0.717, 1.165) is 27.4 Å². The third kappa shape index (κ3) is 3.78.